The van der Waals surface area contributed by atoms with Crippen molar-refractivity contribution in [2.75, 3.05) is 7.11 Å². The zero-order valence-electron chi connectivity index (χ0n) is 10.9. The second-order valence-corrected chi connectivity index (χ2v) is 4.43. The Hall–Kier alpha value is -2.16. The molecule has 0 radical (unpaired) electrons. The molecule has 3 heteroatoms. The van der Waals surface area contributed by atoms with Crippen molar-refractivity contribution in [3.8, 4) is 5.75 Å². The number of aryl methyl sites for hydroxylation is 1. The first kappa shape index (κ1) is 13.3. The Morgan fingerprint density at radius 3 is 2.42 bits per heavy atom. The number of ketones is 1. The molecule has 0 N–H and O–H groups in total. The number of benzene rings is 2. The molecular formula is C16H15FO2. The van der Waals surface area contributed by atoms with Gasteiger partial charge >= 0.3 is 0 Å². The zero-order chi connectivity index (χ0) is 13.8. The molecule has 0 bridgehead atoms. The minimum atomic E-state index is -0.516. The summed E-state index contributed by atoms with van der Waals surface area (Å²) >= 11 is 0. The third-order valence-electron chi connectivity index (χ3n) is 2.96. The fraction of sp³-hybridized carbons (Fsp3) is 0.188. The number of rotatable bonds is 4. The lowest BCUT2D eigenvalue weighted by atomic mass is 10.0. The minimum absolute atomic E-state index is 0.106. The average Bonchev–Trinajstić information content (AvgIpc) is 2.41. The molecule has 0 atom stereocenters. The highest BCUT2D eigenvalue weighted by atomic mass is 19.1. The molecule has 0 saturated carbocycles. The van der Waals surface area contributed by atoms with Crippen molar-refractivity contribution in [1.82, 2.24) is 0 Å². The third kappa shape index (κ3) is 3.19. The summed E-state index contributed by atoms with van der Waals surface area (Å²) in [7, 11) is 1.40. The highest BCUT2D eigenvalue weighted by Gasteiger charge is 2.10. The summed E-state index contributed by atoms with van der Waals surface area (Å²) in [5.74, 6) is -0.477. The Morgan fingerprint density at radius 1 is 1.16 bits per heavy atom. The zero-order valence-corrected chi connectivity index (χ0v) is 10.9. The summed E-state index contributed by atoms with van der Waals surface area (Å²) in [5, 5.41) is 0. The topological polar surface area (TPSA) is 26.3 Å². The lowest BCUT2D eigenvalue weighted by molar-refractivity contribution is 0.0992. The summed E-state index contributed by atoms with van der Waals surface area (Å²) in [4.78, 5) is 12.0. The Labute approximate surface area is 111 Å². The standard InChI is InChI=1S/C16H15FO2/c1-11-3-5-12(6-4-11)9-15(18)13-7-8-16(19-2)14(17)10-13/h3-8,10H,9H2,1-2H3. The lowest BCUT2D eigenvalue weighted by Gasteiger charge is -2.05. The summed E-state index contributed by atoms with van der Waals surface area (Å²) < 4.78 is 18.4. The predicted octanol–water partition coefficient (Wildman–Crippen LogP) is 3.57. The predicted molar refractivity (Wildman–Crippen MR) is 72.2 cm³/mol. The molecule has 19 heavy (non-hydrogen) atoms. The van der Waals surface area contributed by atoms with Gasteiger partial charge in [-0.15, -0.1) is 0 Å². The highest BCUT2D eigenvalue weighted by molar-refractivity contribution is 5.97. The maximum Gasteiger partial charge on any atom is 0.167 e. The number of methoxy groups -OCH3 is 1. The van der Waals surface area contributed by atoms with E-state index in [2.05, 4.69) is 0 Å². The van der Waals surface area contributed by atoms with Gasteiger partial charge in [-0.3, -0.25) is 4.79 Å². The molecule has 0 saturated heterocycles. The van der Waals surface area contributed by atoms with E-state index in [0.717, 1.165) is 11.1 Å². The van der Waals surface area contributed by atoms with E-state index in [0.29, 0.717) is 5.56 Å². The Kier molecular flexibility index (Phi) is 3.95. The van der Waals surface area contributed by atoms with Crippen molar-refractivity contribution in [3.05, 3.63) is 65.0 Å². The van der Waals surface area contributed by atoms with Crippen LogP contribution < -0.4 is 4.74 Å². The van der Waals surface area contributed by atoms with Crippen LogP contribution in [-0.4, -0.2) is 12.9 Å². The number of carbonyl (C=O) groups excluding carboxylic acids is 1. The highest BCUT2D eigenvalue weighted by Crippen LogP contribution is 2.19. The van der Waals surface area contributed by atoms with Gasteiger partial charge < -0.3 is 4.74 Å². The number of Topliss-reactive ketones (excluding diaryl/α,β-unsaturated/α-hetero) is 1. The molecule has 0 aromatic heterocycles. The monoisotopic (exact) mass is 258 g/mol. The van der Waals surface area contributed by atoms with E-state index in [9.17, 15) is 9.18 Å². The second kappa shape index (κ2) is 5.65. The van der Waals surface area contributed by atoms with Gasteiger partial charge in [0.05, 0.1) is 7.11 Å². The van der Waals surface area contributed by atoms with Gasteiger partial charge in [0.25, 0.3) is 0 Å². The van der Waals surface area contributed by atoms with Crippen molar-refractivity contribution in [1.29, 1.82) is 0 Å². The molecule has 0 heterocycles. The molecule has 0 spiro atoms. The van der Waals surface area contributed by atoms with Crippen LogP contribution in [0.25, 0.3) is 0 Å². The summed E-state index contributed by atoms with van der Waals surface area (Å²) in [6, 6.07) is 12.0. The SMILES string of the molecule is COc1ccc(C(=O)Cc2ccc(C)cc2)cc1F. The minimum Gasteiger partial charge on any atom is -0.494 e. The van der Waals surface area contributed by atoms with Gasteiger partial charge in [-0.1, -0.05) is 29.8 Å². The largest absolute Gasteiger partial charge is 0.494 e. The second-order valence-electron chi connectivity index (χ2n) is 4.43. The van der Waals surface area contributed by atoms with Crippen LogP contribution in [0.3, 0.4) is 0 Å². The maximum atomic E-state index is 13.5. The van der Waals surface area contributed by atoms with Crippen LogP contribution >= 0.6 is 0 Å². The van der Waals surface area contributed by atoms with Gasteiger partial charge in [0.1, 0.15) is 0 Å². The fourth-order valence-electron chi connectivity index (χ4n) is 1.83. The van der Waals surface area contributed by atoms with E-state index in [-0.39, 0.29) is 18.0 Å². The molecule has 0 aliphatic rings. The van der Waals surface area contributed by atoms with Gasteiger partial charge in [0.15, 0.2) is 17.3 Å². The molecular weight excluding hydrogens is 243 g/mol. The van der Waals surface area contributed by atoms with Crippen LogP contribution in [0.1, 0.15) is 21.5 Å². The molecule has 98 valence electrons. The first-order chi connectivity index (χ1) is 9.10. The van der Waals surface area contributed by atoms with Crippen molar-refractivity contribution in [2.45, 2.75) is 13.3 Å². The molecule has 2 nitrogen and oxygen atoms in total. The van der Waals surface area contributed by atoms with Crippen LogP contribution in [0.15, 0.2) is 42.5 Å². The number of hydrogen-bond acceptors (Lipinski definition) is 2. The van der Waals surface area contributed by atoms with Crippen molar-refractivity contribution in [3.63, 3.8) is 0 Å². The van der Waals surface area contributed by atoms with E-state index in [1.807, 2.05) is 31.2 Å². The molecule has 0 unspecified atom stereocenters. The van der Waals surface area contributed by atoms with Crippen LogP contribution in [0.2, 0.25) is 0 Å². The van der Waals surface area contributed by atoms with E-state index >= 15 is 0 Å². The van der Waals surface area contributed by atoms with E-state index in [1.54, 1.807) is 6.07 Å². The summed E-state index contributed by atoms with van der Waals surface area (Å²) in [5.41, 5.74) is 2.43. The van der Waals surface area contributed by atoms with Gasteiger partial charge in [0, 0.05) is 12.0 Å². The average molecular weight is 258 g/mol. The maximum absolute atomic E-state index is 13.5. The van der Waals surface area contributed by atoms with Crippen LogP contribution in [0.4, 0.5) is 4.39 Å². The first-order valence-corrected chi connectivity index (χ1v) is 6.02. The van der Waals surface area contributed by atoms with Gasteiger partial charge in [-0.05, 0) is 30.7 Å². The number of halogens is 1. The van der Waals surface area contributed by atoms with E-state index in [4.69, 9.17) is 4.74 Å². The number of hydrogen-bond donors (Lipinski definition) is 0. The van der Waals surface area contributed by atoms with Gasteiger partial charge in [-0.25, -0.2) is 4.39 Å². The van der Waals surface area contributed by atoms with Crippen LogP contribution in [-0.2, 0) is 6.42 Å². The molecule has 0 aliphatic carbocycles. The Morgan fingerprint density at radius 2 is 1.84 bits per heavy atom. The first-order valence-electron chi connectivity index (χ1n) is 6.02. The Balaban J connectivity index is 2.16. The van der Waals surface area contributed by atoms with E-state index < -0.39 is 5.82 Å². The van der Waals surface area contributed by atoms with Crippen molar-refractivity contribution < 1.29 is 13.9 Å². The third-order valence-corrected chi connectivity index (χ3v) is 2.96. The van der Waals surface area contributed by atoms with Crippen LogP contribution in [0, 0.1) is 12.7 Å². The summed E-state index contributed by atoms with van der Waals surface area (Å²) in [6.45, 7) is 1.99. The molecule has 0 fully saturated rings. The van der Waals surface area contributed by atoms with Crippen LogP contribution in [0.5, 0.6) is 5.75 Å². The van der Waals surface area contributed by atoms with Gasteiger partial charge in [-0.2, -0.15) is 0 Å². The Bertz CT molecular complexity index is 588. The van der Waals surface area contributed by atoms with Crippen molar-refractivity contribution in [2.24, 2.45) is 0 Å². The number of carbonyl (C=O) groups is 1. The molecule has 0 amide bonds. The fourth-order valence-corrected chi connectivity index (χ4v) is 1.83. The lowest BCUT2D eigenvalue weighted by Crippen LogP contribution is -2.04. The van der Waals surface area contributed by atoms with Crippen molar-refractivity contribution >= 4 is 5.78 Å². The quantitative estimate of drug-likeness (QED) is 0.784. The number of ether oxygens (including phenoxy) is 1. The molecule has 2 aromatic rings. The molecule has 2 rings (SSSR count). The summed E-state index contributed by atoms with van der Waals surface area (Å²) in [6.07, 6.45) is 0.270. The smallest absolute Gasteiger partial charge is 0.167 e. The van der Waals surface area contributed by atoms with Gasteiger partial charge in [0.2, 0.25) is 0 Å². The molecule has 2 aromatic carbocycles. The molecule has 0 aliphatic heterocycles. The normalized spacial score (nSPS) is 10.3. The van der Waals surface area contributed by atoms with E-state index in [1.165, 1.54) is 19.2 Å².